The number of H-pyrrole nitrogens is 1. The number of aromatic amines is 1. The van der Waals surface area contributed by atoms with Crippen molar-refractivity contribution in [1.82, 2.24) is 9.38 Å². The summed E-state index contributed by atoms with van der Waals surface area (Å²) in [5.74, 6) is 0. The van der Waals surface area contributed by atoms with Gasteiger partial charge in [-0.1, -0.05) is 0 Å². The van der Waals surface area contributed by atoms with Crippen molar-refractivity contribution < 1.29 is 0 Å². The highest BCUT2D eigenvalue weighted by molar-refractivity contribution is 5.79. The Morgan fingerprint density at radius 1 is 1.12 bits per heavy atom. The van der Waals surface area contributed by atoms with Gasteiger partial charge in [0, 0.05) is 6.20 Å². The molecule has 3 nitrogen and oxygen atoms in total. The van der Waals surface area contributed by atoms with Gasteiger partial charge in [0.25, 0.3) is 5.56 Å². The lowest BCUT2D eigenvalue weighted by molar-refractivity contribution is 1.18. The summed E-state index contributed by atoms with van der Waals surface area (Å²) >= 11 is 0. The molecule has 1 N–H and O–H groups in total. The third kappa shape index (κ3) is 1.11. The third-order valence-corrected chi connectivity index (χ3v) is 3.10. The van der Waals surface area contributed by atoms with E-state index in [2.05, 4.69) is 18.0 Å². The van der Waals surface area contributed by atoms with Crippen molar-refractivity contribution in [3.05, 3.63) is 51.9 Å². The zero-order valence-corrected chi connectivity index (χ0v) is 9.24. The summed E-state index contributed by atoms with van der Waals surface area (Å²) in [7, 11) is 0. The van der Waals surface area contributed by atoms with Crippen LogP contribution in [-0.2, 0) is 0 Å². The van der Waals surface area contributed by atoms with Crippen LogP contribution in [0.4, 0.5) is 0 Å². The van der Waals surface area contributed by atoms with Crippen LogP contribution in [-0.4, -0.2) is 9.38 Å². The number of benzene rings is 1. The lowest BCUT2D eigenvalue weighted by Crippen LogP contribution is -2.09. The average Bonchev–Trinajstić information content (AvgIpc) is 2.71. The number of nitrogens with zero attached hydrogens (tertiary/aromatic N) is 1. The van der Waals surface area contributed by atoms with E-state index < -0.39 is 0 Å². The van der Waals surface area contributed by atoms with Crippen molar-refractivity contribution in [1.29, 1.82) is 0 Å². The molecule has 0 aliphatic rings. The molecular formula is C13H12N2O. The minimum Gasteiger partial charge on any atom is -0.319 e. The SMILES string of the molecule is Cc1cc2[nH]c(=O)c3cccn3c2cc1C. The number of fused-ring (bicyclic) bond motifs is 3. The van der Waals surface area contributed by atoms with Gasteiger partial charge >= 0.3 is 0 Å². The predicted octanol–water partition coefficient (Wildman–Crippen LogP) is 2.40. The highest BCUT2D eigenvalue weighted by Gasteiger charge is 2.05. The van der Waals surface area contributed by atoms with Crippen molar-refractivity contribution >= 4 is 16.6 Å². The molecule has 2 aromatic heterocycles. The van der Waals surface area contributed by atoms with Gasteiger partial charge in [0.15, 0.2) is 0 Å². The van der Waals surface area contributed by atoms with E-state index in [0.717, 1.165) is 11.0 Å². The fourth-order valence-corrected chi connectivity index (χ4v) is 2.06. The Kier molecular flexibility index (Phi) is 1.72. The normalized spacial score (nSPS) is 11.4. The molecule has 0 spiro atoms. The van der Waals surface area contributed by atoms with E-state index in [9.17, 15) is 4.79 Å². The molecule has 1 aromatic carbocycles. The van der Waals surface area contributed by atoms with Crippen molar-refractivity contribution in [3.8, 4) is 0 Å². The molecule has 0 atom stereocenters. The first-order valence-electron chi connectivity index (χ1n) is 5.27. The minimum atomic E-state index is -0.0410. The van der Waals surface area contributed by atoms with Gasteiger partial charge in [-0.05, 0) is 49.2 Å². The zero-order valence-electron chi connectivity index (χ0n) is 9.24. The molecule has 0 unspecified atom stereocenters. The van der Waals surface area contributed by atoms with E-state index in [1.165, 1.54) is 11.1 Å². The van der Waals surface area contributed by atoms with Crippen LogP contribution in [0.25, 0.3) is 16.6 Å². The van der Waals surface area contributed by atoms with Gasteiger partial charge < -0.3 is 9.38 Å². The summed E-state index contributed by atoms with van der Waals surface area (Å²) in [5, 5.41) is 0. The molecule has 3 heteroatoms. The van der Waals surface area contributed by atoms with Crippen molar-refractivity contribution in [3.63, 3.8) is 0 Å². The molecule has 0 bridgehead atoms. The first-order valence-corrected chi connectivity index (χ1v) is 5.27. The molecule has 0 saturated heterocycles. The van der Waals surface area contributed by atoms with Gasteiger partial charge in [0.2, 0.25) is 0 Å². The molecule has 0 aliphatic heterocycles. The summed E-state index contributed by atoms with van der Waals surface area (Å²) in [5.41, 5.74) is 5.00. The smallest absolute Gasteiger partial charge is 0.272 e. The Balaban J connectivity index is 2.64. The third-order valence-electron chi connectivity index (χ3n) is 3.10. The van der Waals surface area contributed by atoms with Crippen LogP contribution in [0.15, 0.2) is 35.3 Å². The van der Waals surface area contributed by atoms with Gasteiger partial charge in [-0.15, -0.1) is 0 Å². The van der Waals surface area contributed by atoms with Crippen molar-refractivity contribution in [2.75, 3.05) is 0 Å². The van der Waals surface area contributed by atoms with E-state index in [4.69, 9.17) is 0 Å². The van der Waals surface area contributed by atoms with Gasteiger partial charge in [0.1, 0.15) is 5.52 Å². The van der Waals surface area contributed by atoms with Crippen LogP contribution in [0.2, 0.25) is 0 Å². The van der Waals surface area contributed by atoms with Crippen LogP contribution in [0.3, 0.4) is 0 Å². The highest BCUT2D eigenvalue weighted by atomic mass is 16.1. The molecule has 3 aromatic rings. The second kappa shape index (κ2) is 2.98. The molecule has 3 rings (SSSR count). The van der Waals surface area contributed by atoms with Crippen molar-refractivity contribution in [2.45, 2.75) is 13.8 Å². The minimum absolute atomic E-state index is 0.0410. The second-order valence-electron chi connectivity index (χ2n) is 4.17. The van der Waals surface area contributed by atoms with Crippen LogP contribution in [0.1, 0.15) is 11.1 Å². The Labute approximate surface area is 92.3 Å². The monoisotopic (exact) mass is 212 g/mol. The average molecular weight is 212 g/mol. The molecule has 0 radical (unpaired) electrons. The van der Waals surface area contributed by atoms with Gasteiger partial charge in [-0.2, -0.15) is 0 Å². The van der Waals surface area contributed by atoms with E-state index in [1.54, 1.807) is 0 Å². The molecule has 16 heavy (non-hydrogen) atoms. The largest absolute Gasteiger partial charge is 0.319 e. The maximum absolute atomic E-state index is 11.8. The fraction of sp³-hybridized carbons (Fsp3) is 0.154. The summed E-state index contributed by atoms with van der Waals surface area (Å²) in [4.78, 5) is 14.7. The van der Waals surface area contributed by atoms with Crippen LogP contribution >= 0.6 is 0 Å². The van der Waals surface area contributed by atoms with E-state index in [0.29, 0.717) is 5.52 Å². The fourth-order valence-electron chi connectivity index (χ4n) is 2.06. The number of aromatic nitrogens is 2. The lowest BCUT2D eigenvalue weighted by Gasteiger charge is -2.06. The number of aryl methyl sites for hydroxylation is 2. The van der Waals surface area contributed by atoms with Crippen LogP contribution in [0.5, 0.6) is 0 Å². The van der Waals surface area contributed by atoms with Crippen LogP contribution in [0, 0.1) is 13.8 Å². The van der Waals surface area contributed by atoms with E-state index >= 15 is 0 Å². The zero-order chi connectivity index (χ0) is 11.3. The molecule has 0 amide bonds. The summed E-state index contributed by atoms with van der Waals surface area (Å²) in [6.07, 6.45) is 1.92. The number of hydrogen-bond acceptors (Lipinski definition) is 1. The van der Waals surface area contributed by atoms with E-state index in [1.807, 2.05) is 35.7 Å². The van der Waals surface area contributed by atoms with E-state index in [-0.39, 0.29) is 5.56 Å². The van der Waals surface area contributed by atoms with Crippen molar-refractivity contribution in [2.24, 2.45) is 0 Å². The molecule has 80 valence electrons. The Morgan fingerprint density at radius 3 is 2.69 bits per heavy atom. The van der Waals surface area contributed by atoms with Gasteiger partial charge in [0.05, 0.1) is 11.0 Å². The van der Waals surface area contributed by atoms with Gasteiger partial charge in [-0.3, -0.25) is 4.79 Å². The second-order valence-corrected chi connectivity index (χ2v) is 4.17. The number of rotatable bonds is 0. The highest BCUT2D eigenvalue weighted by Crippen LogP contribution is 2.17. The summed E-state index contributed by atoms with van der Waals surface area (Å²) in [6.45, 7) is 4.13. The molecule has 0 fully saturated rings. The molecule has 2 heterocycles. The maximum atomic E-state index is 11.8. The standard InChI is InChI=1S/C13H12N2O/c1-8-6-10-12(7-9(8)2)15-5-3-4-11(15)13(16)14-10/h3-7H,1-2H3,(H,14,16). The maximum Gasteiger partial charge on any atom is 0.272 e. The molecule has 0 aliphatic carbocycles. The van der Waals surface area contributed by atoms with Gasteiger partial charge in [-0.25, -0.2) is 0 Å². The Morgan fingerprint density at radius 2 is 1.88 bits per heavy atom. The first kappa shape index (κ1) is 9.21. The lowest BCUT2D eigenvalue weighted by atomic mass is 10.1. The number of nitrogens with one attached hydrogen (secondary N) is 1. The summed E-state index contributed by atoms with van der Waals surface area (Å²) < 4.78 is 1.93. The van der Waals surface area contributed by atoms with Crippen LogP contribution < -0.4 is 5.56 Å². The quantitative estimate of drug-likeness (QED) is 0.610. The topological polar surface area (TPSA) is 37.3 Å². The Hall–Kier alpha value is -2.03. The predicted molar refractivity (Wildman–Crippen MR) is 65.0 cm³/mol. The number of hydrogen-bond donors (Lipinski definition) is 1. The first-order chi connectivity index (χ1) is 7.66. The molecule has 0 saturated carbocycles. The Bertz CT molecular complexity index is 750. The summed E-state index contributed by atoms with van der Waals surface area (Å²) in [6, 6.07) is 7.84. The molecular weight excluding hydrogens is 200 g/mol.